The van der Waals surface area contributed by atoms with Crippen molar-refractivity contribution in [1.29, 1.82) is 0 Å². The van der Waals surface area contributed by atoms with Gasteiger partial charge in [-0.2, -0.15) is 0 Å². The fourth-order valence-corrected chi connectivity index (χ4v) is 1.68. The summed E-state index contributed by atoms with van der Waals surface area (Å²) in [7, 11) is 0. The van der Waals surface area contributed by atoms with E-state index >= 15 is 0 Å². The molecule has 0 unspecified atom stereocenters. The van der Waals surface area contributed by atoms with Gasteiger partial charge in [0, 0.05) is 0 Å². The van der Waals surface area contributed by atoms with Crippen molar-refractivity contribution in [2.45, 2.75) is 58.0 Å². The van der Waals surface area contributed by atoms with E-state index in [2.05, 4.69) is 26.8 Å². The van der Waals surface area contributed by atoms with Crippen molar-refractivity contribution in [3.63, 3.8) is 0 Å². The van der Waals surface area contributed by atoms with Crippen molar-refractivity contribution in [2.75, 3.05) is 0 Å². The highest BCUT2D eigenvalue weighted by atomic mass is 16.3. The minimum absolute atomic E-state index is 0.463. The van der Waals surface area contributed by atoms with Crippen LogP contribution in [0, 0.1) is 6.92 Å². The molecule has 0 amide bonds. The molecular formula is C12H23O. The zero-order chi connectivity index (χ0) is 10.2. The van der Waals surface area contributed by atoms with Gasteiger partial charge < -0.3 is 5.11 Å². The summed E-state index contributed by atoms with van der Waals surface area (Å²) in [5.41, 5.74) is -0.463. The molecule has 0 aliphatic carbocycles. The lowest BCUT2D eigenvalue weighted by atomic mass is 9.89. The van der Waals surface area contributed by atoms with Gasteiger partial charge in [-0.15, -0.1) is 0 Å². The van der Waals surface area contributed by atoms with Gasteiger partial charge in [-0.1, -0.05) is 38.8 Å². The van der Waals surface area contributed by atoms with Gasteiger partial charge in [0.05, 0.1) is 5.60 Å². The summed E-state index contributed by atoms with van der Waals surface area (Å²) < 4.78 is 0. The third-order valence-corrected chi connectivity index (χ3v) is 2.26. The summed E-state index contributed by atoms with van der Waals surface area (Å²) in [6.07, 6.45) is 9.58. The molecule has 0 heterocycles. The highest BCUT2D eigenvalue weighted by Crippen LogP contribution is 2.23. The molecule has 0 saturated heterocycles. The smallest absolute Gasteiger partial charge is 0.0681 e. The molecule has 1 N–H and O–H groups in total. The zero-order valence-corrected chi connectivity index (χ0v) is 9.05. The van der Waals surface area contributed by atoms with E-state index in [1.165, 1.54) is 0 Å². The average Bonchev–Trinajstić information content (AvgIpc) is 2.05. The van der Waals surface area contributed by atoms with Gasteiger partial charge in [-0.05, 0) is 32.6 Å². The summed E-state index contributed by atoms with van der Waals surface area (Å²) >= 11 is 0. The third kappa shape index (κ3) is 5.87. The first kappa shape index (κ1) is 12.7. The molecule has 0 aliphatic rings. The number of aliphatic hydroxyl groups is 1. The molecule has 0 aromatic heterocycles. The highest BCUT2D eigenvalue weighted by Gasteiger charge is 2.22. The fraction of sp³-hybridized carbons (Fsp3) is 0.750. The van der Waals surface area contributed by atoms with Crippen molar-refractivity contribution >= 4 is 0 Å². The van der Waals surface area contributed by atoms with Crippen molar-refractivity contribution < 1.29 is 5.11 Å². The van der Waals surface area contributed by atoms with E-state index in [0.29, 0.717) is 0 Å². The predicted octanol–water partition coefficient (Wildman–Crippen LogP) is 3.49. The minimum Gasteiger partial charge on any atom is -0.390 e. The Morgan fingerprint density at radius 2 is 1.69 bits per heavy atom. The first-order valence-electron chi connectivity index (χ1n) is 5.35. The molecule has 0 aliphatic heterocycles. The van der Waals surface area contributed by atoms with Gasteiger partial charge in [0.15, 0.2) is 0 Å². The quantitative estimate of drug-likeness (QED) is 0.599. The Kier molecular flexibility index (Phi) is 6.97. The van der Waals surface area contributed by atoms with E-state index in [-0.39, 0.29) is 0 Å². The first-order valence-corrected chi connectivity index (χ1v) is 5.35. The molecule has 0 rings (SSSR count). The van der Waals surface area contributed by atoms with E-state index in [4.69, 9.17) is 0 Å². The highest BCUT2D eigenvalue weighted by molar-refractivity contribution is 4.91. The summed E-state index contributed by atoms with van der Waals surface area (Å²) in [5.74, 6) is 0. The lowest BCUT2D eigenvalue weighted by Gasteiger charge is -2.26. The van der Waals surface area contributed by atoms with Crippen molar-refractivity contribution in [1.82, 2.24) is 0 Å². The Labute approximate surface area is 82.9 Å². The van der Waals surface area contributed by atoms with Gasteiger partial charge in [-0.3, -0.25) is 0 Å². The molecule has 0 fully saturated rings. The van der Waals surface area contributed by atoms with Crippen LogP contribution in [0.1, 0.15) is 52.4 Å². The Balaban J connectivity index is 3.98. The maximum absolute atomic E-state index is 10.2. The minimum atomic E-state index is -0.463. The molecule has 1 nitrogen and oxygen atoms in total. The van der Waals surface area contributed by atoms with Crippen LogP contribution < -0.4 is 0 Å². The normalized spacial score (nSPS) is 12.6. The second kappa shape index (κ2) is 7.14. The average molecular weight is 183 g/mol. The summed E-state index contributed by atoms with van der Waals surface area (Å²) in [5, 5.41) is 10.2. The van der Waals surface area contributed by atoms with Crippen LogP contribution in [0.15, 0.2) is 12.2 Å². The van der Waals surface area contributed by atoms with Crippen molar-refractivity contribution in [2.24, 2.45) is 0 Å². The molecule has 0 bridgehead atoms. The lowest BCUT2D eigenvalue weighted by Crippen LogP contribution is -2.27. The number of rotatable bonds is 7. The van der Waals surface area contributed by atoms with Crippen LogP contribution in [0.4, 0.5) is 0 Å². The predicted molar refractivity (Wildman–Crippen MR) is 58.5 cm³/mol. The van der Waals surface area contributed by atoms with Crippen LogP contribution >= 0.6 is 0 Å². The molecule has 0 aromatic rings. The lowest BCUT2D eigenvalue weighted by molar-refractivity contribution is 0.0242. The zero-order valence-electron chi connectivity index (χ0n) is 9.05. The number of allylic oxidation sites excluding steroid dienone is 1. The molecule has 0 aromatic carbocycles. The summed E-state index contributed by atoms with van der Waals surface area (Å²) in [4.78, 5) is 0. The van der Waals surface area contributed by atoms with E-state index in [1.54, 1.807) is 0 Å². The monoisotopic (exact) mass is 183 g/mol. The molecular weight excluding hydrogens is 160 g/mol. The van der Waals surface area contributed by atoms with Gasteiger partial charge in [0.1, 0.15) is 0 Å². The Morgan fingerprint density at radius 3 is 2.08 bits per heavy atom. The Bertz CT molecular complexity index is 132. The molecule has 77 valence electrons. The molecule has 0 atom stereocenters. The van der Waals surface area contributed by atoms with Crippen LogP contribution in [0.2, 0.25) is 0 Å². The second-order valence-electron chi connectivity index (χ2n) is 3.69. The second-order valence-corrected chi connectivity index (χ2v) is 3.69. The molecule has 1 heteroatoms. The van der Waals surface area contributed by atoms with Gasteiger partial charge >= 0.3 is 0 Å². The molecule has 0 saturated carbocycles. The number of hydrogen-bond acceptors (Lipinski definition) is 1. The maximum Gasteiger partial charge on any atom is 0.0681 e. The third-order valence-electron chi connectivity index (χ3n) is 2.26. The van der Waals surface area contributed by atoms with E-state index in [1.807, 2.05) is 6.08 Å². The Hall–Kier alpha value is -0.300. The fourth-order valence-electron chi connectivity index (χ4n) is 1.68. The molecule has 13 heavy (non-hydrogen) atoms. The summed E-state index contributed by atoms with van der Waals surface area (Å²) in [6, 6.07) is 0. The van der Waals surface area contributed by atoms with Crippen LogP contribution in [-0.2, 0) is 0 Å². The van der Waals surface area contributed by atoms with Crippen molar-refractivity contribution in [3.8, 4) is 0 Å². The number of hydrogen-bond donors (Lipinski definition) is 1. The van der Waals surface area contributed by atoms with E-state index in [9.17, 15) is 5.11 Å². The van der Waals surface area contributed by atoms with Crippen LogP contribution in [0.25, 0.3) is 0 Å². The van der Waals surface area contributed by atoms with Crippen LogP contribution in [-0.4, -0.2) is 10.7 Å². The van der Waals surface area contributed by atoms with E-state index in [0.717, 1.165) is 38.5 Å². The van der Waals surface area contributed by atoms with Gasteiger partial charge in [-0.25, -0.2) is 0 Å². The van der Waals surface area contributed by atoms with Gasteiger partial charge in [0.25, 0.3) is 0 Å². The molecule has 0 spiro atoms. The SMILES string of the molecule is [CH2]C/C=C/CC(O)(CCC)CCC. The standard InChI is InChI=1S/C12H23O/c1-4-7-8-11-12(13,9-5-2)10-6-3/h7-8,13H,1,4-6,9-11H2,2-3H3/b8-7+. The van der Waals surface area contributed by atoms with Crippen molar-refractivity contribution in [3.05, 3.63) is 19.1 Å². The van der Waals surface area contributed by atoms with Crippen LogP contribution in [0.3, 0.4) is 0 Å². The summed E-state index contributed by atoms with van der Waals surface area (Å²) in [6.45, 7) is 7.96. The first-order chi connectivity index (χ1) is 6.18. The Morgan fingerprint density at radius 1 is 1.15 bits per heavy atom. The topological polar surface area (TPSA) is 20.2 Å². The van der Waals surface area contributed by atoms with Gasteiger partial charge in [0.2, 0.25) is 0 Å². The largest absolute Gasteiger partial charge is 0.390 e. The van der Waals surface area contributed by atoms with E-state index < -0.39 is 5.60 Å². The maximum atomic E-state index is 10.2. The molecule has 1 radical (unpaired) electrons. The van der Waals surface area contributed by atoms with Crippen LogP contribution in [0.5, 0.6) is 0 Å².